The summed E-state index contributed by atoms with van der Waals surface area (Å²) in [4.78, 5) is 16.0. The fourth-order valence-corrected chi connectivity index (χ4v) is 1.55. The van der Waals surface area contributed by atoms with Gasteiger partial charge in [-0.05, 0) is 31.9 Å². The topological polar surface area (TPSA) is 42.0 Å². The molecule has 1 heterocycles. The molecule has 88 valence electrons. The van der Waals surface area contributed by atoms with Crippen molar-refractivity contribution in [1.82, 2.24) is 10.3 Å². The van der Waals surface area contributed by atoms with Gasteiger partial charge in [0.25, 0.3) is 5.91 Å². The lowest BCUT2D eigenvalue weighted by molar-refractivity contribution is 0.0930. The van der Waals surface area contributed by atoms with E-state index in [0.717, 1.165) is 5.69 Å². The van der Waals surface area contributed by atoms with Gasteiger partial charge in [0.1, 0.15) is 0 Å². The Labute approximate surface area is 101 Å². The Morgan fingerprint density at radius 1 is 1.56 bits per heavy atom. The monoisotopic (exact) mass is 240 g/mol. The van der Waals surface area contributed by atoms with Crippen LogP contribution in [-0.2, 0) is 0 Å². The summed E-state index contributed by atoms with van der Waals surface area (Å²) in [6.45, 7) is 5.79. The predicted octanol–water partition coefficient (Wildman–Crippen LogP) is 2.38. The maximum atomic E-state index is 11.9. The molecule has 0 saturated carbocycles. The van der Waals surface area contributed by atoms with E-state index in [0.29, 0.717) is 11.4 Å². The number of hydrogen-bond donors (Lipinski definition) is 1. The Morgan fingerprint density at radius 3 is 2.81 bits per heavy atom. The first-order valence-corrected chi connectivity index (χ1v) is 5.88. The molecule has 1 amide bonds. The average Bonchev–Trinajstić information content (AvgIpc) is 2.28. The van der Waals surface area contributed by atoms with Gasteiger partial charge in [-0.2, -0.15) is 0 Å². The fourth-order valence-electron chi connectivity index (χ4n) is 1.28. The number of pyridine rings is 1. The van der Waals surface area contributed by atoms with Crippen molar-refractivity contribution in [2.24, 2.45) is 5.92 Å². The number of amides is 1. The molecule has 16 heavy (non-hydrogen) atoms. The van der Waals surface area contributed by atoms with Crippen LogP contribution in [0.2, 0.25) is 0 Å². The van der Waals surface area contributed by atoms with E-state index in [1.54, 1.807) is 18.3 Å². The number of alkyl halides is 1. The van der Waals surface area contributed by atoms with Crippen molar-refractivity contribution in [3.8, 4) is 0 Å². The van der Waals surface area contributed by atoms with Crippen LogP contribution in [0.5, 0.6) is 0 Å². The third-order valence-corrected chi connectivity index (χ3v) is 3.19. The van der Waals surface area contributed by atoms with E-state index in [4.69, 9.17) is 11.6 Å². The number of hydrogen-bond acceptors (Lipinski definition) is 2. The molecule has 1 rings (SSSR count). The number of nitrogens with zero attached hydrogens (tertiary/aromatic N) is 1. The molecule has 0 aliphatic carbocycles. The first-order valence-electron chi connectivity index (χ1n) is 5.34. The van der Waals surface area contributed by atoms with Crippen LogP contribution in [0.4, 0.5) is 0 Å². The summed E-state index contributed by atoms with van der Waals surface area (Å²) in [5.41, 5.74) is 1.36. The highest BCUT2D eigenvalue weighted by Gasteiger charge is 2.16. The highest BCUT2D eigenvalue weighted by atomic mass is 35.5. The van der Waals surface area contributed by atoms with E-state index in [2.05, 4.69) is 10.3 Å². The standard InChI is InChI=1S/C12H17ClN2O/c1-8(7-13)9(2)15-12(16)11-5-4-6-14-10(11)3/h4-6,8-9H,7H2,1-3H3,(H,15,16). The zero-order valence-corrected chi connectivity index (χ0v) is 10.6. The summed E-state index contributed by atoms with van der Waals surface area (Å²) in [5, 5.41) is 2.92. The Balaban J connectivity index is 2.70. The molecule has 0 aromatic carbocycles. The number of rotatable bonds is 4. The van der Waals surface area contributed by atoms with Gasteiger partial charge in [0.2, 0.25) is 0 Å². The van der Waals surface area contributed by atoms with Crippen LogP contribution in [0, 0.1) is 12.8 Å². The van der Waals surface area contributed by atoms with Gasteiger partial charge in [-0.3, -0.25) is 9.78 Å². The van der Waals surface area contributed by atoms with Gasteiger partial charge < -0.3 is 5.32 Å². The van der Waals surface area contributed by atoms with Crippen LogP contribution in [-0.4, -0.2) is 22.8 Å². The second kappa shape index (κ2) is 5.85. The molecule has 1 aromatic heterocycles. The Morgan fingerprint density at radius 2 is 2.25 bits per heavy atom. The third-order valence-electron chi connectivity index (χ3n) is 2.71. The van der Waals surface area contributed by atoms with Crippen molar-refractivity contribution in [2.45, 2.75) is 26.8 Å². The van der Waals surface area contributed by atoms with E-state index in [1.165, 1.54) is 0 Å². The summed E-state index contributed by atoms with van der Waals surface area (Å²) < 4.78 is 0. The molecular formula is C12H17ClN2O. The Kier molecular flexibility index (Phi) is 4.74. The average molecular weight is 241 g/mol. The summed E-state index contributed by atoms with van der Waals surface area (Å²) in [7, 11) is 0. The van der Waals surface area contributed by atoms with E-state index < -0.39 is 0 Å². The summed E-state index contributed by atoms with van der Waals surface area (Å²) in [6.07, 6.45) is 1.68. The third kappa shape index (κ3) is 3.20. The van der Waals surface area contributed by atoms with Crippen LogP contribution in [0.15, 0.2) is 18.3 Å². The van der Waals surface area contributed by atoms with Crippen molar-refractivity contribution >= 4 is 17.5 Å². The summed E-state index contributed by atoms with van der Waals surface area (Å²) in [6, 6.07) is 3.59. The molecule has 2 atom stereocenters. The van der Waals surface area contributed by atoms with Crippen LogP contribution < -0.4 is 5.32 Å². The van der Waals surface area contributed by atoms with Gasteiger partial charge in [0, 0.05) is 23.8 Å². The summed E-state index contributed by atoms with van der Waals surface area (Å²) in [5.74, 6) is 0.700. The van der Waals surface area contributed by atoms with E-state index in [-0.39, 0.29) is 17.9 Å². The quantitative estimate of drug-likeness (QED) is 0.822. The number of halogens is 1. The molecule has 0 spiro atoms. The Hall–Kier alpha value is -1.09. The predicted molar refractivity (Wildman–Crippen MR) is 65.8 cm³/mol. The molecule has 0 saturated heterocycles. The molecule has 0 radical (unpaired) electrons. The van der Waals surface area contributed by atoms with E-state index in [1.807, 2.05) is 20.8 Å². The van der Waals surface area contributed by atoms with Gasteiger partial charge in [0.15, 0.2) is 0 Å². The maximum absolute atomic E-state index is 11.9. The van der Waals surface area contributed by atoms with Crippen LogP contribution >= 0.6 is 11.6 Å². The number of nitrogens with one attached hydrogen (secondary N) is 1. The summed E-state index contributed by atoms with van der Waals surface area (Å²) >= 11 is 5.74. The van der Waals surface area contributed by atoms with Crippen molar-refractivity contribution in [3.63, 3.8) is 0 Å². The van der Waals surface area contributed by atoms with Gasteiger partial charge in [-0.15, -0.1) is 11.6 Å². The molecule has 0 aliphatic heterocycles. The minimum absolute atomic E-state index is 0.0598. The molecule has 0 fully saturated rings. The van der Waals surface area contributed by atoms with Crippen molar-refractivity contribution in [3.05, 3.63) is 29.6 Å². The number of carbonyl (C=O) groups excluding carboxylic acids is 1. The first kappa shape index (κ1) is 13.0. The van der Waals surface area contributed by atoms with Gasteiger partial charge in [-0.1, -0.05) is 6.92 Å². The molecule has 1 N–H and O–H groups in total. The highest BCUT2D eigenvalue weighted by Crippen LogP contribution is 2.08. The van der Waals surface area contributed by atoms with Crippen LogP contribution in [0.1, 0.15) is 29.9 Å². The van der Waals surface area contributed by atoms with Crippen molar-refractivity contribution in [2.75, 3.05) is 5.88 Å². The molecular weight excluding hydrogens is 224 g/mol. The number of aromatic nitrogens is 1. The van der Waals surface area contributed by atoms with Gasteiger partial charge >= 0.3 is 0 Å². The van der Waals surface area contributed by atoms with Gasteiger partial charge in [-0.25, -0.2) is 0 Å². The lowest BCUT2D eigenvalue weighted by atomic mass is 10.1. The SMILES string of the molecule is Cc1ncccc1C(=O)NC(C)C(C)CCl. The van der Waals surface area contributed by atoms with Gasteiger partial charge in [0.05, 0.1) is 5.56 Å². The highest BCUT2D eigenvalue weighted by molar-refractivity contribution is 6.18. The fraction of sp³-hybridized carbons (Fsp3) is 0.500. The van der Waals surface area contributed by atoms with Crippen LogP contribution in [0.25, 0.3) is 0 Å². The molecule has 4 heteroatoms. The molecule has 1 aromatic rings. The number of carbonyl (C=O) groups is 1. The lowest BCUT2D eigenvalue weighted by Crippen LogP contribution is -2.38. The largest absolute Gasteiger partial charge is 0.349 e. The van der Waals surface area contributed by atoms with Crippen LogP contribution in [0.3, 0.4) is 0 Å². The molecule has 3 nitrogen and oxygen atoms in total. The lowest BCUT2D eigenvalue weighted by Gasteiger charge is -2.19. The van der Waals surface area contributed by atoms with Crippen molar-refractivity contribution in [1.29, 1.82) is 0 Å². The zero-order chi connectivity index (χ0) is 12.1. The number of aryl methyl sites for hydroxylation is 1. The maximum Gasteiger partial charge on any atom is 0.253 e. The normalized spacial score (nSPS) is 14.2. The first-order chi connectivity index (χ1) is 7.56. The molecule has 0 aliphatic rings. The minimum atomic E-state index is -0.0879. The second-order valence-electron chi connectivity index (χ2n) is 4.03. The Bertz CT molecular complexity index is 368. The molecule has 2 unspecified atom stereocenters. The second-order valence-corrected chi connectivity index (χ2v) is 4.34. The van der Waals surface area contributed by atoms with E-state index in [9.17, 15) is 4.79 Å². The zero-order valence-electron chi connectivity index (χ0n) is 9.83. The minimum Gasteiger partial charge on any atom is -0.349 e. The van der Waals surface area contributed by atoms with Crippen molar-refractivity contribution < 1.29 is 4.79 Å². The molecule has 0 bridgehead atoms. The smallest absolute Gasteiger partial charge is 0.253 e. The van der Waals surface area contributed by atoms with E-state index >= 15 is 0 Å².